The molecule has 3 heterocycles. The van der Waals surface area contributed by atoms with Crippen LogP contribution in [0.4, 0.5) is 0 Å². The van der Waals surface area contributed by atoms with Crippen molar-refractivity contribution in [3.63, 3.8) is 0 Å². The second kappa shape index (κ2) is 12.9. The summed E-state index contributed by atoms with van der Waals surface area (Å²) in [4.78, 5) is 16.6. The second-order valence-electron chi connectivity index (χ2n) is 15.5. The maximum absolute atomic E-state index is 5.66. The zero-order chi connectivity index (χ0) is 39.3. The Balaban J connectivity index is 1.23. The van der Waals surface area contributed by atoms with Gasteiger partial charge in [-0.1, -0.05) is 152 Å². The van der Waals surface area contributed by atoms with Crippen LogP contribution in [0.25, 0.3) is 125 Å². The zero-order valence-electron chi connectivity index (χ0n) is 32.2. The molecule has 0 saturated heterocycles. The Morgan fingerprint density at radius 3 is 1.73 bits per heavy atom. The minimum absolute atomic E-state index is 0.629. The van der Waals surface area contributed by atoms with Crippen LogP contribution in [0.5, 0.6) is 0 Å². The third-order valence-electron chi connectivity index (χ3n) is 12.2. The molecule has 0 fully saturated rings. The van der Waals surface area contributed by atoms with Crippen molar-refractivity contribution in [1.29, 1.82) is 0 Å². The van der Waals surface area contributed by atoms with Crippen LogP contribution in [0.1, 0.15) is 0 Å². The van der Waals surface area contributed by atoms with Crippen LogP contribution in [0.3, 0.4) is 0 Å². The molecule has 278 valence electrons. The summed E-state index contributed by atoms with van der Waals surface area (Å²) in [5, 5.41) is 14.3. The monoisotopic (exact) mass is 780 g/mol. The van der Waals surface area contributed by atoms with E-state index in [0.29, 0.717) is 17.5 Å². The maximum atomic E-state index is 5.66. The molecule has 13 rings (SSSR count). The van der Waals surface area contributed by atoms with Crippen LogP contribution >= 0.6 is 11.3 Å². The van der Waals surface area contributed by atoms with Gasteiger partial charge in [0.15, 0.2) is 17.5 Å². The van der Waals surface area contributed by atoms with Gasteiger partial charge in [-0.15, -0.1) is 11.3 Å². The fourth-order valence-electron chi connectivity index (χ4n) is 9.60. The molecule has 10 aromatic carbocycles. The van der Waals surface area contributed by atoms with Crippen molar-refractivity contribution in [3.05, 3.63) is 194 Å². The SMILES string of the molecule is c1ccc(-c2nc(-c3c4c(cc5c6ccccc6c6ccccc6c35)sc3cc5ccccc5cc34)nc(-c3cccc4c5ccccc5n(-c5ccccc5)c34)n2)cc1. The molecule has 0 radical (unpaired) electrons. The first kappa shape index (κ1) is 33.3. The maximum Gasteiger partial charge on any atom is 0.166 e. The van der Waals surface area contributed by atoms with Gasteiger partial charge in [0.25, 0.3) is 0 Å². The number of hydrogen-bond donors (Lipinski definition) is 0. The van der Waals surface area contributed by atoms with Crippen LogP contribution in [0.2, 0.25) is 0 Å². The first-order valence-corrected chi connectivity index (χ1v) is 21.1. The predicted molar refractivity (Wildman–Crippen MR) is 253 cm³/mol. The number of nitrogens with zero attached hydrogens (tertiary/aromatic N) is 4. The highest BCUT2D eigenvalue weighted by atomic mass is 32.1. The van der Waals surface area contributed by atoms with Crippen molar-refractivity contribution in [2.45, 2.75) is 0 Å². The molecule has 13 aromatic rings. The lowest BCUT2D eigenvalue weighted by atomic mass is 9.89. The highest BCUT2D eigenvalue weighted by Gasteiger charge is 2.25. The molecule has 0 aliphatic heterocycles. The van der Waals surface area contributed by atoms with Crippen LogP contribution in [0, 0.1) is 0 Å². The topological polar surface area (TPSA) is 43.6 Å². The summed E-state index contributed by atoms with van der Waals surface area (Å²) in [5.74, 6) is 1.92. The summed E-state index contributed by atoms with van der Waals surface area (Å²) in [6.07, 6.45) is 0. The molecule has 0 aliphatic carbocycles. The van der Waals surface area contributed by atoms with E-state index in [-0.39, 0.29) is 0 Å². The van der Waals surface area contributed by atoms with Gasteiger partial charge in [0.05, 0.1) is 11.0 Å². The van der Waals surface area contributed by atoms with Gasteiger partial charge in [0.1, 0.15) is 0 Å². The number of hydrogen-bond acceptors (Lipinski definition) is 4. The third kappa shape index (κ3) is 4.87. The Morgan fingerprint density at radius 1 is 0.367 bits per heavy atom. The zero-order valence-corrected chi connectivity index (χ0v) is 33.0. The standard InChI is InChI=1S/C55H32N4S/c1-3-16-33(17-4-1)53-56-54(43-28-15-27-42-40-25-13-14-29-46(40)59(52(42)43)36-20-5-2-6-21-36)58-55(57-53)51-49-41-26-12-11-23-38(41)37-22-9-10-24-39(37)44(49)32-48-50(51)45-30-34-18-7-8-19-35(34)31-47(45)60-48/h1-32H. The van der Waals surface area contributed by atoms with Crippen molar-refractivity contribution in [2.75, 3.05) is 0 Å². The van der Waals surface area contributed by atoms with E-state index >= 15 is 0 Å². The molecule has 0 atom stereocenters. The molecule has 0 aliphatic rings. The molecule has 0 unspecified atom stereocenters. The molecular formula is C55H32N4S. The number of para-hydroxylation sites is 3. The number of thiophene rings is 1. The molecule has 5 heteroatoms. The highest BCUT2D eigenvalue weighted by Crippen LogP contribution is 2.49. The molecule has 3 aromatic heterocycles. The average molecular weight is 781 g/mol. The third-order valence-corrected chi connectivity index (χ3v) is 13.3. The molecule has 0 N–H and O–H groups in total. The molecule has 0 spiro atoms. The van der Waals surface area contributed by atoms with Gasteiger partial charge in [-0.3, -0.25) is 0 Å². The molecule has 4 nitrogen and oxygen atoms in total. The van der Waals surface area contributed by atoms with Gasteiger partial charge in [0.2, 0.25) is 0 Å². The second-order valence-corrected chi connectivity index (χ2v) is 16.6. The average Bonchev–Trinajstić information content (AvgIpc) is 3.85. The molecule has 60 heavy (non-hydrogen) atoms. The van der Waals surface area contributed by atoms with Crippen LogP contribution < -0.4 is 0 Å². The summed E-state index contributed by atoms with van der Waals surface area (Å²) in [6.45, 7) is 0. The summed E-state index contributed by atoms with van der Waals surface area (Å²) in [6, 6.07) is 69.5. The summed E-state index contributed by atoms with van der Waals surface area (Å²) in [7, 11) is 0. The Hall–Kier alpha value is -7.73. The van der Waals surface area contributed by atoms with Gasteiger partial charge in [-0.2, -0.15) is 0 Å². The Bertz CT molecular complexity index is 3890. The summed E-state index contributed by atoms with van der Waals surface area (Å²) in [5.41, 5.74) is 6.19. The van der Waals surface area contributed by atoms with Crippen LogP contribution in [-0.2, 0) is 0 Å². The summed E-state index contributed by atoms with van der Waals surface area (Å²) >= 11 is 1.84. The van der Waals surface area contributed by atoms with Crippen molar-refractivity contribution < 1.29 is 0 Å². The van der Waals surface area contributed by atoms with E-state index in [1.54, 1.807) is 0 Å². The number of benzene rings is 10. The number of fused-ring (bicyclic) bond motifs is 13. The smallest absolute Gasteiger partial charge is 0.166 e. The van der Waals surface area contributed by atoms with E-state index in [9.17, 15) is 0 Å². The first-order chi connectivity index (χ1) is 29.8. The van der Waals surface area contributed by atoms with E-state index in [1.807, 2.05) is 17.4 Å². The summed E-state index contributed by atoms with van der Waals surface area (Å²) < 4.78 is 4.81. The van der Waals surface area contributed by atoms with Gasteiger partial charge in [0, 0.05) is 58.7 Å². The van der Waals surface area contributed by atoms with Crippen molar-refractivity contribution in [3.8, 4) is 39.9 Å². The van der Waals surface area contributed by atoms with Gasteiger partial charge >= 0.3 is 0 Å². The molecule has 0 amide bonds. The van der Waals surface area contributed by atoms with Crippen molar-refractivity contribution in [1.82, 2.24) is 19.5 Å². The first-order valence-electron chi connectivity index (χ1n) is 20.3. The lowest BCUT2D eigenvalue weighted by molar-refractivity contribution is 1.08. The van der Waals surface area contributed by atoms with Gasteiger partial charge < -0.3 is 4.57 Å². The number of aromatic nitrogens is 4. The van der Waals surface area contributed by atoms with E-state index in [1.165, 1.54) is 63.3 Å². The Kier molecular flexibility index (Phi) is 7.14. The Morgan fingerprint density at radius 2 is 0.950 bits per heavy atom. The molecule has 0 saturated carbocycles. The molecular weight excluding hydrogens is 749 g/mol. The Labute approximate surface area is 348 Å². The minimum Gasteiger partial charge on any atom is -0.309 e. The highest BCUT2D eigenvalue weighted by molar-refractivity contribution is 7.26. The fraction of sp³-hybridized carbons (Fsp3) is 0. The minimum atomic E-state index is 0.629. The van der Waals surface area contributed by atoms with Crippen LogP contribution in [0.15, 0.2) is 194 Å². The van der Waals surface area contributed by atoms with Gasteiger partial charge in [-0.25, -0.2) is 15.0 Å². The quantitative estimate of drug-likeness (QED) is 0.167. The lowest BCUT2D eigenvalue weighted by Crippen LogP contribution is -2.03. The van der Waals surface area contributed by atoms with E-state index in [2.05, 4.69) is 193 Å². The van der Waals surface area contributed by atoms with Crippen molar-refractivity contribution >= 4 is 96.4 Å². The lowest BCUT2D eigenvalue weighted by Gasteiger charge is -2.17. The predicted octanol–water partition coefficient (Wildman–Crippen LogP) is 15.0. The number of rotatable bonds is 4. The molecule has 0 bridgehead atoms. The largest absolute Gasteiger partial charge is 0.309 e. The normalized spacial score (nSPS) is 12.0. The van der Waals surface area contributed by atoms with Crippen LogP contribution in [-0.4, -0.2) is 19.5 Å². The van der Waals surface area contributed by atoms with Crippen molar-refractivity contribution in [2.24, 2.45) is 0 Å². The van der Waals surface area contributed by atoms with E-state index in [4.69, 9.17) is 15.0 Å². The fourth-order valence-corrected chi connectivity index (χ4v) is 10.8. The van der Waals surface area contributed by atoms with E-state index < -0.39 is 0 Å². The van der Waals surface area contributed by atoms with Gasteiger partial charge in [-0.05, 0) is 80.2 Å². The van der Waals surface area contributed by atoms with E-state index in [0.717, 1.165) is 44.2 Å².